The second-order valence-electron chi connectivity index (χ2n) is 9.58. The topological polar surface area (TPSA) is 61.8 Å². The zero-order chi connectivity index (χ0) is 21.7. The van der Waals surface area contributed by atoms with Gasteiger partial charge in [-0.05, 0) is 49.9 Å². The molecule has 3 fully saturated rings. The number of sulfone groups is 1. The van der Waals surface area contributed by atoms with Crippen LogP contribution >= 0.6 is 0 Å². The molecule has 31 heavy (non-hydrogen) atoms. The van der Waals surface area contributed by atoms with E-state index in [1.165, 1.54) is 0 Å². The Kier molecular flexibility index (Phi) is 5.18. The molecule has 5 rings (SSSR count). The molecule has 166 valence electrons. The molecule has 1 heterocycles. The van der Waals surface area contributed by atoms with E-state index in [0.29, 0.717) is 32.3 Å². The van der Waals surface area contributed by atoms with Gasteiger partial charge in [0.1, 0.15) is 10.9 Å². The van der Waals surface area contributed by atoms with Crippen LogP contribution in [0.4, 0.5) is 0 Å². The Bertz CT molecular complexity index is 991. The third-order valence-electron chi connectivity index (χ3n) is 6.97. The van der Waals surface area contributed by atoms with Gasteiger partial charge < -0.3 is 13.9 Å². The maximum absolute atomic E-state index is 13.9. The first-order valence-corrected chi connectivity index (χ1v) is 14.2. The van der Waals surface area contributed by atoms with Crippen molar-refractivity contribution in [1.29, 1.82) is 0 Å². The van der Waals surface area contributed by atoms with Crippen LogP contribution in [0.1, 0.15) is 39.5 Å². The summed E-state index contributed by atoms with van der Waals surface area (Å²) >= 11 is 0. The molecule has 7 heteroatoms. The summed E-state index contributed by atoms with van der Waals surface area (Å²) in [5, 5.41) is 2.33. The monoisotopic (exact) mass is 458 g/mol. The number of hydrogen-bond donors (Lipinski definition) is 0. The average Bonchev–Trinajstić information content (AvgIpc) is 3.68. The quantitative estimate of drug-likeness (QED) is 0.568. The molecule has 0 radical (unpaired) electrons. The van der Waals surface area contributed by atoms with Gasteiger partial charge in [0.2, 0.25) is 9.04 Å². The fraction of sp³-hybridized carbons (Fsp3) is 0.500. The van der Waals surface area contributed by atoms with Crippen LogP contribution < -0.4 is 10.4 Å². The van der Waals surface area contributed by atoms with Crippen LogP contribution in [-0.2, 0) is 23.7 Å². The molecular weight excluding hydrogens is 428 g/mol. The summed E-state index contributed by atoms with van der Waals surface area (Å²) in [4.78, 5) is 0. The predicted molar refractivity (Wildman–Crippen MR) is 123 cm³/mol. The summed E-state index contributed by atoms with van der Waals surface area (Å²) in [7, 11) is -5.40. The highest BCUT2D eigenvalue weighted by Crippen LogP contribution is 2.59. The van der Waals surface area contributed by atoms with Gasteiger partial charge in [0.25, 0.3) is 0 Å². The first-order valence-electron chi connectivity index (χ1n) is 11.1. The van der Waals surface area contributed by atoms with Gasteiger partial charge in [-0.2, -0.15) is 0 Å². The Hall–Kier alpha value is -1.51. The van der Waals surface area contributed by atoms with Crippen molar-refractivity contribution in [1.82, 2.24) is 0 Å². The molecule has 0 N–H and O–H groups in total. The van der Waals surface area contributed by atoms with Crippen molar-refractivity contribution in [3.63, 3.8) is 0 Å². The molecule has 0 amide bonds. The molecule has 0 spiro atoms. The molecule has 2 aromatic carbocycles. The molecule has 0 aromatic heterocycles. The first-order chi connectivity index (χ1) is 14.8. The standard InChI is InChI=1S/C24H30O5SSi/c1-22(2)27-17-21(29-22)24(15-16-24)30(25,26)23(13-14-23)18-28-31(19-9-5-3-6-10-19)20-11-7-4-8-12-20/h3-12,21,31H,13-18H2,1-2H3. The van der Waals surface area contributed by atoms with Crippen molar-refractivity contribution in [3.8, 4) is 0 Å². The summed E-state index contributed by atoms with van der Waals surface area (Å²) in [5.41, 5.74) is 0. The molecule has 0 bridgehead atoms. The highest BCUT2D eigenvalue weighted by Gasteiger charge is 2.71. The normalized spacial score (nSPS) is 25.5. The zero-order valence-electron chi connectivity index (χ0n) is 18.1. The Morgan fingerprint density at radius 2 is 1.48 bits per heavy atom. The minimum absolute atomic E-state index is 0.259. The maximum Gasteiger partial charge on any atom is 0.239 e. The Morgan fingerprint density at radius 1 is 0.935 bits per heavy atom. The molecular formula is C24H30O5SSi. The minimum Gasteiger partial charge on any atom is -0.409 e. The van der Waals surface area contributed by atoms with Crippen molar-refractivity contribution in [2.45, 2.75) is 60.9 Å². The molecule has 1 aliphatic heterocycles. The lowest BCUT2D eigenvalue weighted by atomic mass is 10.2. The maximum atomic E-state index is 13.9. The van der Waals surface area contributed by atoms with Gasteiger partial charge in [-0.15, -0.1) is 0 Å². The van der Waals surface area contributed by atoms with Crippen LogP contribution in [0.3, 0.4) is 0 Å². The summed E-state index contributed by atoms with van der Waals surface area (Å²) in [6.07, 6.45) is 2.25. The van der Waals surface area contributed by atoms with E-state index in [1.54, 1.807) is 0 Å². The van der Waals surface area contributed by atoms with E-state index in [0.717, 1.165) is 10.4 Å². The molecule has 1 unspecified atom stereocenters. The van der Waals surface area contributed by atoms with Crippen molar-refractivity contribution in [3.05, 3.63) is 60.7 Å². The van der Waals surface area contributed by atoms with Crippen LogP contribution in [0.25, 0.3) is 0 Å². The van der Waals surface area contributed by atoms with Gasteiger partial charge in [-0.3, -0.25) is 0 Å². The van der Waals surface area contributed by atoms with E-state index < -0.39 is 34.2 Å². The Balaban J connectivity index is 1.38. The molecule has 1 atom stereocenters. The molecule has 1 saturated heterocycles. The smallest absolute Gasteiger partial charge is 0.239 e. The summed E-state index contributed by atoms with van der Waals surface area (Å²) in [6, 6.07) is 20.4. The highest BCUT2D eigenvalue weighted by atomic mass is 32.2. The average molecular weight is 459 g/mol. The molecule has 5 nitrogen and oxygen atoms in total. The largest absolute Gasteiger partial charge is 0.409 e. The number of hydrogen-bond acceptors (Lipinski definition) is 5. The molecule has 2 aromatic rings. The van der Waals surface area contributed by atoms with Gasteiger partial charge in [0, 0.05) is 0 Å². The summed E-state index contributed by atoms with van der Waals surface area (Å²) < 4.78 is 44.4. The molecule has 2 saturated carbocycles. The Morgan fingerprint density at radius 3 is 1.90 bits per heavy atom. The number of rotatable bonds is 8. The minimum atomic E-state index is -3.42. The first kappa shape index (κ1) is 21.3. The third-order valence-corrected chi connectivity index (χ3v) is 12.9. The van der Waals surface area contributed by atoms with E-state index >= 15 is 0 Å². The van der Waals surface area contributed by atoms with E-state index in [-0.39, 0.29) is 12.7 Å². The van der Waals surface area contributed by atoms with Crippen LogP contribution in [0.15, 0.2) is 60.7 Å². The lowest BCUT2D eigenvalue weighted by molar-refractivity contribution is -0.139. The highest BCUT2D eigenvalue weighted by molar-refractivity contribution is 7.94. The fourth-order valence-electron chi connectivity index (χ4n) is 4.77. The van der Waals surface area contributed by atoms with E-state index in [9.17, 15) is 8.42 Å². The van der Waals surface area contributed by atoms with Crippen LogP contribution in [0, 0.1) is 0 Å². The third kappa shape index (κ3) is 3.70. The van der Waals surface area contributed by atoms with Crippen molar-refractivity contribution < 1.29 is 22.3 Å². The second-order valence-corrected chi connectivity index (χ2v) is 14.7. The van der Waals surface area contributed by atoms with Crippen LogP contribution in [0.5, 0.6) is 0 Å². The van der Waals surface area contributed by atoms with Crippen molar-refractivity contribution in [2.75, 3.05) is 13.2 Å². The van der Waals surface area contributed by atoms with E-state index in [2.05, 4.69) is 24.3 Å². The van der Waals surface area contributed by atoms with Crippen LogP contribution in [-0.4, -0.2) is 52.1 Å². The number of benzene rings is 2. The molecule has 2 aliphatic carbocycles. The van der Waals surface area contributed by atoms with Gasteiger partial charge in [-0.1, -0.05) is 60.7 Å². The van der Waals surface area contributed by atoms with Gasteiger partial charge in [0.05, 0.1) is 18.0 Å². The zero-order valence-corrected chi connectivity index (χ0v) is 20.1. The lowest BCUT2D eigenvalue weighted by Crippen LogP contribution is -2.50. The van der Waals surface area contributed by atoms with Gasteiger partial charge in [-0.25, -0.2) is 8.42 Å². The molecule has 3 aliphatic rings. The van der Waals surface area contributed by atoms with Crippen molar-refractivity contribution in [2.24, 2.45) is 0 Å². The van der Waals surface area contributed by atoms with Gasteiger partial charge in [0.15, 0.2) is 15.6 Å². The SMILES string of the molecule is CC1(C)OCC(C2(S(=O)(=O)C3(CO[SiH](c4ccccc4)c4ccccc4)CC3)CC2)O1. The van der Waals surface area contributed by atoms with Crippen LogP contribution in [0.2, 0.25) is 0 Å². The predicted octanol–water partition coefficient (Wildman–Crippen LogP) is 2.17. The Labute approximate surface area is 186 Å². The van der Waals surface area contributed by atoms with Crippen molar-refractivity contribution >= 4 is 29.3 Å². The van der Waals surface area contributed by atoms with Gasteiger partial charge >= 0.3 is 0 Å². The number of ether oxygens (including phenoxy) is 2. The van der Waals surface area contributed by atoms with E-state index in [4.69, 9.17) is 13.9 Å². The summed E-state index contributed by atoms with van der Waals surface area (Å²) in [6.45, 7) is 4.30. The van der Waals surface area contributed by atoms with E-state index in [1.807, 2.05) is 50.2 Å². The second kappa shape index (κ2) is 7.52. The summed E-state index contributed by atoms with van der Waals surface area (Å²) in [5.74, 6) is -0.721. The fourth-order valence-corrected chi connectivity index (χ4v) is 10.1. The lowest BCUT2D eigenvalue weighted by Gasteiger charge is -2.29.